The molecule has 0 saturated carbocycles. The van der Waals surface area contributed by atoms with E-state index in [-0.39, 0.29) is 0 Å². The summed E-state index contributed by atoms with van der Waals surface area (Å²) in [5.74, 6) is 0. The first-order chi connectivity index (χ1) is 5.91. The van der Waals surface area contributed by atoms with Gasteiger partial charge in [-0.05, 0) is 6.92 Å². The fraction of sp³-hybridized carbons (Fsp3) is 0.429. The van der Waals surface area contributed by atoms with E-state index >= 15 is 0 Å². The molecule has 0 aromatic carbocycles. The predicted octanol–water partition coefficient (Wildman–Crippen LogP) is 1.38. The summed E-state index contributed by atoms with van der Waals surface area (Å²) in [5.41, 5.74) is 0.0104. The molecule has 1 N–H and O–H groups in total. The Hall–Kier alpha value is -1.17. The summed E-state index contributed by atoms with van der Waals surface area (Å²) in [5, 5.41) is 8.72. The Balaban J connectivity index is 2.90. The lowest BCUT2D eigenvalue weighted by Crippen LogP contribution is -2.21. The van der Waals surface area contributed by atoms with Crippen molar-refractivity contribution in [2.45, 2.75) is 19.2 Å². The van der Waals surface area contributed by atoms with Crippen LogP contribution >= 0.6 is 0 Å². The largest absolute Gasteiger partial charge is 0.420 e. The highest BCUT2D eigenvalue weighted by Crippen LogP contribution is 2.30. The molecule has 1 atom stereocenters. The van der Waals surface area contributed by atoms with Crippen molar-refractivity contribution >= 4 is 0 Å². The number of nitrogens with zero attached hydrogens (tertiary/aromatic N) is 2. The van der Waals surface area contributed by atoms with E-state index in [0.29, 0.717) is 5.69 Å². The number of aromatic nitrogens is 2. The lowest BCUT2D eigenvalue weighted by atomic mass is 10.2. The first-order valence-electron chi connectivity index (χ1n) is 3.44. The number of hydrogen-bond acceptors (Lipinski definition) is 3. The number of hydrogen-bond donors (Lipinski definition) is 1. The molecule has 3 nitrogen and oxygen atoms in total. The van der Waals surface area contributed by atoms with Gasteiger partial charge in [0.05, 0.1) is 17.6 Å². The Bertz CT molecular complexity index is 283. The van der Waals surface area contributed by atoms with Gasteiger partial charge in [0.1, 0.15) is 0 Å². The van der Waals surface area contributed by atoms with Gasteiger partial charge in [-0.1, -0.05) is 0 Å². The number of rotatable bonds is 1. The van der Waals surface area contributed by atoms with Crippen molar-refractivity contribution in [1.82, 2.24) is 9.97 Å². The molecule has 0 aliphatic heterocycles. The van der Waals surface area contributed by atoms with Gasteiger partial charge in [-0.15, -0.1) is 0 Å². The Morgan fingerprint density at radius 2 is 1.92 bits per heavy atom. The third-order valence-electron chi connectivity index (χ3n) is 1.39. The van der Waals surface area contributed by atoms with Gasteiger partial charge in [0.15, 0.2) is 6.10 Å². The van der Waals surface area contributed by atoms with Gasteiger partial charge in [-0.3, -0.25) is 9.97 Å². The van der Waals surface area contributed by atoms with Crippen LogP contribution in [0.15, 0.2) is 12.4 Å². The SMILES string of the molecule is Cc1cnc([C@H](O)C(F)(F)F)cn1. The molecule has 0 saturated heterocycles. The minimum Gasteiger partial charge on any atom is -0.378 e. The molecule has 13 heavy (non-hydrogen) atoms. The molecule has 1 aromatic heterocycles. The molecule has 0 aliphatic carbocycles. The van der Waals surface area contributed by atoms with E-state index in [0.717, 1.165) is 6.20 Å². The molecule has 1 aromatic rings. The molecule has 0 fully saturated rings. The van der Waals surface area contributed by atoms with Crippen LogP contribution < -0.4 is 0 Å². The van der Waals surface area contributed by atoms with Crippen LogP contribution in [0.1, 0.15) is 17.5 Å². The van der Waals surface area contributed by atoms with Crippen molar-refractivity contribution in [2.24, 2.45) is 0 Å². The highest BCUT2D eigenvalue weighted by atomic mass is 19.4. The van der Waals surface area contributed by atoms with E-state index < -0.39 is 18.0 Å². The second-order valence-corrected chi connectivity index (χ2v) is 2.53. The van der Waals surface area contributed by atoms with Crippen molar-refractivity contribution in [3.8, 4) is 0 Å². The van der Waals surface area contributed by atoms with Crippen LogP contribution in [-0.4, -0.2) is 21.3 Å². The van der Waals surface area contributed by atoms with Crippen LogP contribution in [0, 0.1) is 6.92 Å². The third kappa shape index (κ3) is 2.38. The number of alkyl halides is 3. The molecule has 0 amide bonds. The van der Waals surface area contributed by atoms with Gasteiger partial charge in [0.2, 0.25) is 0 Å². The second-order valence-electron chi connectivity index (χ2n) is 2.53. The van der Waals surface area contributed by atoms with Gasteiger partial charge >= 0.3 is 6.18 Å². The highest BCUT2D eigenvalue weighted by molar-refractivity contribution is 5.05. The minimum absolute atomic E-state index is 0.488. The molecule has 0 radical (unpaired) electrons. The number of aryl methyl sites for hydroxylation is 1. The summed E-state index contributed by atoms with van der Waals surface area (Å²) in [4.78, 5) is 7.00. The Morgan fingerprint density at radius 3 is 2.31 bits per heavy atom. The highest BCUT2D eigenvalue weighted by Gasteiger charge is 2.40. The molecule has 0 unspecified atom stereocenters. The molecule has 6 heteroatoms. The maximum absolute atomic E-state index is 11.9. The average Bonchev–Trinajstić information content (AvgIpc) is 2.03. The van der Waals surface area contributed by atoms with Crippen LogP contribution in [0.25, 0.3) is 0 Å². The van der Waals surface area contributed by atoms with Gasteiger partial charge in [0, 0.05) is 6.20 Å². The first-order valence-corrected chi connectivity index (χ1v) is 3.44. The topological polar surface area (TPSA) is 46.0 Å². The summed E-state index contributed by atoms with van der Waals surface area (Å²) in [6.07, 6.45) is -5.16. The average molecular weight is 192 g/mol. The zero-order chi connectivity index (χ0) is 10.1. The summed E-state index contributed by atoms with van der Waals surface area (Å²) >= 11 is 0. The maximum Gasteiger partial charge on any atom is 0.420 e. The van der Waals surface area contributed by atoms with E-state index in [9.17, 15) is 13.2 Å². The van der Waals surface area contributed by atoms with Crippen LogP contribution in [0.3, 0.4) is 0 Å². The number of aliphatic hydroxyl groups is 1. The van der Waals surface area contributed by atoms with Gasteiger partial charge < -0.3 is 5.11 Å². The van der Waals surface area contributed by atoms with E-state index in [1.54, 1.807) is 6.92 Å². The van der Waals surface area contributed by atoms with Gasteiger partial charge in [-0.2, -0.15) is 13.2 Å². The third-order valence-corrected chi connectivity index (χ3v) is 1.39. The van der Waals surface area contributed by atoms with Crippen LogP contribution in [-0.2, 0) is 0 Å². The maximum atomic E-state index is 11.9. The van der Waals surface area contributed by atoms with Crippen molar-refractivity contribution in [1.29, 1.82) is 0 Å². The number of halogens is 3. The summed E-state index contributed by atoms with van der Waals surface area (Å²) in [6.45, 7) is 1.59. The summed E-state index contributed by atoms with van der Waals surface area (Å²) < 4.78 is 35.8. The fourth-order valence-electron chi connectivity index (χ4n) is 0.711. The smallest absolute Gasteiger partial charge is 0.378 e. The molecular weight excluding hydrogens is 185 g/mol. The van der Waals surface area contributed by atoms with Crippen LogP contribution in [0.5, 0.6) is 0 Å². The lowest BCUT2D eigenvalue weighted by Gasteiger charge is -2.12. The first kappa shape index (κ1) is 9.91. The Labute approximate surface area is 72.3 Å². The van der Waals surface area contributed by atoms with E-state index in [1.807, 2.05) is 0 Å². The second kappa shape index (κ2) is 3.29. The van der Waals surface area contributed by atoms with Crippen molar-refractivity contribution < 1.29 is 18.3 Å². The Kier molecular flexibility index (Phi) is 2.51. The van der Waals surface area contributed by atoms with Crippen molar-refractivity contribution in [3.05, 3.63) is 23.8 Å². The van der Waals surface area contributed by atoms with Crippen molar-refractivity contribution in [3.63, 3.8) is 0 Å². The molecule has 0 aliphatic rings. The quantitative estimate of drug-likeness (QED) is 0.731. The van der Waals surface area contributed by atoms with Gasteiger partial charge in [0.25, 0.3) is 0 Å². The molecule has 72 valence electrons. The Morgan fingerprint density at radius 1 is 1.31 bits per heavy atom. The summed E-state index contributed by atoms with van der Waals surface area (Å²) in [7, 11) is 0. The zero-order valence-corrected chi connectivity index (χ0v) is 6.71. The molecule has 1 heterocycles. The van der Waals surface area contributed by atoms with Crippen LogP contribution in [0.2, 0.25) is 0 Å². The predicted molar refractivity (Wildman–Crippen MR) is 37.8 cm³/mol. The minimum atomic E-state index is -4.69. The molecular formula is C7H7F3N2O. The number of aliphatic hydroxyl groups excluding tert-OH is 1. The van der Waals surface area contributed by atoms with E-state index in [1.165, 1.54) is 6.20 Å². The normalized spacial score (nSPS) is 14.2. The van der Waals surface area contributed by atoms with E-state index in [4.69, 9.17) is 5.11 Å². The molecule has 0 bridgehead atoms. The van der Waals surface area contributed by atoms with Gasteiger partial charge in [-0.25, -0.2) is 0 Å². The van der Waals surface area contributed by atoms with E-state index in [2.05, 4.69) is 9.97 Å². The molecule has 0 spiro atoms. The van der Waals surface area contributed by atoms with Crippen LogP contribution in [0.4, 0.5) is 13.2 Å². The fourth-order valence-corrected chi connectivity index (χ4v) is 0.711. The molecule has 1 rings (SSSR count). The summed E-state index contributed by atoms with van der Waals surface area (Å²) in [6, 6.07) is 0. The monoisotopic (exact) mass is 192 g/mol. The van der Waals surface area contributed by atoms with Crippen molar-refractivity contribution in [2.75, 3.05) is 0 Å². The lowest BCUT2D eigenvalue weighted by molar-refractivity contribution is -0.208. The standard InChI is InChI=1S/C7H7F3N2O/c1-4-2-12-5(3-11-4)6(13)7(8,9)10/h2-3,6,13H,1H3/t6-/m0/s1. The zero-order valence-electron chi connectivity index (χ0n) is 6.71.